The van der Waals surface area contributed by atoms with E-state index in [4.69, 9.17) is 17.3 Å². The van der Waals surface area contributed by atoms with Gasteiger partial charge in [0, 0.05) is 30.5 Å². The van der Waals surface area contributed by atoms with Crippen LogP contribution in [0.5, 0.6) is 0 Å². The SMILES string of the molecule is CN1C=CC2=C(C#N)[C@@H](N)C(C#N)(C#N)[C@@H](c3ccccc3Cl)[C@@H]2C1. The minimum absolute atomic E-state index is 0.219. The van der Waals surface area contributed by atoms with Crippen LogP contribution in [0.3, 0.4) is 0 Å². The van der Waals surface area contributed by atoms with Crippen molar-refractivity contribution in [2.24, 2.45) is 17.1 Å². The molecule has 3 atom stereocenters. The molecule has 1 aliphatic carbocycles. The number of hydrogen-bond donors (Lipinski definition) is 1. The smallest absolute Gasteiger partial charge is 0.171 e. The molecule has 1 heterocycles. The van der Waals surface area contributed by atoms with E-state index in [1.165, 1.54) is 0 Å². The summed E-state index contributed by atoms with van der Waals surface area (Å²) in [6.07, 6.45) is 3.74. The average Bonchev–Trinajstić information content (AvgIpc) is 2.62. The molecule has 0 saturated heterocycles. The van der Waals surface area contributed by atoms with Crippen molar-refractivity contribution in [1.29, 1.82) is 15.8 Å². The van der Waals surface area contributed by atoms with Crippen LogP contribution in [0.1, 0.15) is 11.5 Å². The van der Waals surface area contributed by atoms with Gasteiger partial charge in [0.25, 0.3) is 0 Å². The van der Waals surface area contributed by atoms with Crippen LogP contribution in [-0.2, 0) is 0 Å². The molecule has 0 amide bonds. The van der Waals surface area contributed by atoms with E-state index in [0.29, 0.717) is 22.7 Å². The van der Waals surface area contributed by atoms with Crippen molar-refractivity contribution in [3.63, 3.8) is 0 Å². The Labute approximate surface area is 151 Å². The molecule has 0 radical (unpaired) electrons. The molecule has 124 valence electrons. The Hall–Kier alpha value is -2.78. The lowest BCUT2D eigenvalue weighted by atomic mass is 9.56. The second-order valence-electron chi connectivity index (χ2n) is 6.41. The molecule has 2 aliphatic rings. The van der Waals surface area contributed by atoms with Crippen molar-refractivity contribution in [1.82, 2.24) is 4.90 Å². The fourth-order valence-electron chi connectivity index (χ4n) is 3.92. The monoisotopic (exact) mass is 349 g/mol. The quantitative estimate of drug-likeness (QED) is 0.840. The highest BCUT2D eigenvalue weighted by Crippen LogP contribution is 2.53. The van der Waals surface area contributed by atoms with Crippen LogP contribution in [0, 0.1) is 45.3 Å². The second kappa shape index (κ2) is 6.26. The number of nitrogens with zero attached hydrogens (tertiary/aromatic N) is 4. The Bertz CT molecular complexity index is 882. The minimum Gasteiger partial charge on any atom is -0.380 e. The van der Waals surface area contributed by atoms with Crippen molar-refractivity contribution in [2.45, 2.75) is 12.0 Å². The molecule has 5 nitrogen and oxygen atoms in total. The summed E-state index contributed by atoms with van der Waals surface area (Å²) in [6.45, 7) is 0.574. The maximum absolute atomic E-state index is 9.94. The van der Waals surface area contributed by atoms with Gasteiger partial charge in [0.2, 0.25) is 0 Å². The van der Waals surface area contributed by atoms with Crippen LogP contribution < -0.4 is 5.73 Å². The summed E-state index contributed by atoms with van der Waals surface area (Å²) >= 11 is 6.41. The van der Waals surface area contributed by atoms with Gasteiger partial charge in [0.1, 0.15) is 0 Å². The molecule has 0 saturated carbocycles. The minimum atomic E-state index is -1.56. The molecule has 1 aliphatic heterocycles. The van der Waals surface area contributed by atoms with Gasteiger partial charge in [-0.15, -0.1) is 0 Å². The van der Waals surface area contributed by atoms with Gasteiger partial charge >= 0.3 is 0 Å². The van der Waals surface area contributed by atoms with Gasteiger partial charge in [-0.3, -0.25) is 0 Å². The lowest BCUT2D eigenvalue weighted by molar-refractivity contribution is 0.230. The molecule has 3 rings (SSSR count). The van der Waals surface area contributed by atoms with Gasteiger partial charge in [-0.25, -0.2) is 0 Å². The molecular weight excluding hydrogens is 334 g/mol. The normalized spacial score (nSPS) is 27.0. The summed E-state index contributed by atoms with van der Waals surface area (Å²) in [5.41, 5.74) is 6.54. The zero-order valence-electron chi connectivity index (χ0n) is 13.6. The van der Waals surface area contributed by atoms with Crippen molar-refractivity contribution < 1.29 is 0 Å². The summed E-state index contributed by atoms with van der Waals surface area (Å²) < 4.78 is 0. The second-order valence-corrected chi connectivity index (χ2v) is 6.82. The van der Waals surface area contributed by atoms with Crippen LogP contribution in [0.2, 0.25) is 5.02 Å². The molecule has 25 heavy (non-hydrogen) atoms. The number of rotatable bonds is 1. The van der Waals surface area contributed by atoms with E-state index in [0.717, 1.165) is 5.57 Å². The number of hydrogen-bond acceptors (Lipinski definition) is 5. The molecule has 6 heteroatoms. The van der Waals surface area contributed by atoms with Crippen molar-refractivity contribution in [3.8, 4) is 18.2 Å². The summed E-state index contributed by atoms with van der Waals surface area (Å²) in [4.78, 5) is 1.98. The van der Waals surface area contributed by atoms with Gasteiger partial charge in [-0.2, -0.15) is 15.8 Å². The first-order valence-corrected chi connectivity index (χ1v) is 8.23. The van der Waals surface area contributed by atoms with Gasteiger partial charge in [0.05, 0.1) is 29.8 Å². The van der Waals surface area contributed by atoms with E-state index in [9.17, 15) is 15.8 Å². The zero-order valence-corrected chi connectivity index (χ0v) is 14.4. The molecule has 0 unspecified atom stereocenters. The maximum atomic E-state index is 9.94. The molecular formula is C19H16ClN5. The highest BCUT2D eigenvalue weighted by Gasteiger charge is 2.56. The summed E-state index contributed by atoms with van der Waals surface area (Å²) in [5, 5.41) is 30.0. The highest BCUT2D eigenvalue weighted by atomic mass is 35.5. The molecule has 0 spiro atoms. The standard InChI is InChI=1S/C19H16ClN5/c1-25-7-6-12-14(8-21)18(24)19(10-22,11-23)17(15(12)9-25)13-4-2-3-5-16(13)20/h2-7,15,17-18H,9,24H2,1H3/t15-,17+,18-/m1/s1. The van der Waals surface area contributed by atoms with Crippen molar-refractivity contribution in [2.75, 3.05) is 13.6 Å². The molecule has 0 fully saturated rings. The third-order valence-electron chi connectivity index (χ3n) is 5.13. The first-order chi connectivity index (χ1) is 12.0. The number of allylic oxidation sites excluding steroid dienone is 1. The Balaban J connectivity index is 2.35. The molecule has 1 aromatic carbocycles. The lowest BCUT2D eigenvalue weighted by Gasteiger charge is -2.46. The predicted octanol–water partition coefficient (Wildman–Crippen LogP) is 2.69. The summed E-state index contributed by atoms with van der Waals surface area (Å²) in [5.74, 6) is -0.741. The van der Waals surface area contributed by atoms with E-state index in [-0.39, 0.29) is 5.92 Å². The van der Waals surface area contributed by atoms with Gasteiger partial charge in [-0.05, 0) is 29.5 Å². The molecule has 0 bridgehead atoms. The Morgan fingerprint density at radius 2 is 1.92 bits per heavy atom. The van der Waals surface area contributed by atoms with Crippen molar-refractivity contribution >= 4 is 11.6 Å². The van der Waals surface area contributed by atoms with Gasteiger partial charge < -0.3 is 10.6 Å². The number of fused-ring (bicyclic) bond motifs is 1. The predicted molar refractivity (Wildman–Crippen MR) is 93.7 cm³/mol. The number of benzene rings is 1. The van der Waals surface area contributed by atoms with E-state index in [1.807, 2.05) is 36.4 Å². The molecule has 2 N–H and O–H groups in total. The maximum Gasteiger partial charge on any atom is 0.171 e. The van der Waals surface area contributed by atoms with E-state index in [1.54, 1.807) is 12.1 Å². The molecule has 1 aromatic rings. The average molecular weight is 350 g/mol. The first-order valence-electron chi connectivity index (χ1n) is 7.85. The zero-order chi connectivity index (χ0) is 18.2. The lowest BCUT2D eigenvalue weighted by Crippen LogP contribution is -2.53. The van der Waals surface area contributed by atoms with Crippen LogP contribution in [0.4, 0.5) is 0 Å². The summed E-state index contributed by atoms with van der Waals surface area (Å²) in [7, 11) is 1.91. The van der Waals surface area contributed by atoms with E-state index >= 15 is 0 Å². The fourth-order valence-corrected chi connectivity index (χ4v) is 4.17. The van der Waals surface area contributed by atoms with Crippen LogP contribution in [0.25, 0.3) is 0 Å². The Morgan fingerprint density at radius 1 is 1.24 bits per heavy atom. The van der Waals surface area contributed by atoms with Gasteiger partial charge in [-0.1, -0.05) is 29.8 Å². The Kier molecular flexibility index (Phi) is 4.27. The van der Waals surface area contributed by atoms with Crippen LogP contribution in [-0.4, -0.2) is 24.5 Å². The topological polar surface area (TPSA) is 101 Å². The fraction of sp³-hybridized carbons (Fsp3) is 0.316. The summed E-state index contributed by atoms with van der Waals surface area (Å²) in [6, 6.07) is 12.6. The third-order valence-corrected chi connectivity index (χ3v) is 5.47. The number of nitriles is 3. The number of halogens is 1. The van der Waals surface area contributed by atoms with Crippen LogP contribution >= 0.6 is 11.6 Å². The van der Waals surface area contributed by atoms with Crippen molar-refractivity contribution in [3.05, 3.63) is 58.3 Å². The van der Waals surface area contributed by atoms with Crippen LogP contribution in [0.15, 0.2) is 47.7 Å². The molecule has 0 aromatic heterocycles. The third kappa shape index (κ3) is 2.39. The van der Waals surface area contributed by atoms with Gasteiger partial charge in [0.15, 0.2) is 5.41 Å². The van der Waals surface area contributed by atoms with E-state index in [2.05, 4.69) is 18.2 Å². The number of nitrogens with two attached hydrogens (primary N) is 1. The largest absolute Gasteiger partial charge is 0.380 e. The Morgan fingerprint density at radius 3 is 2.52 bits per heavy atom. The first kappa shape index (κ1) is 17.1. The van der Waals surface area contributed by atoms with E-state index < -0.39 is 17.4 Å². The highest BCUT2D eigenvalue weighted by molar-refractivity contribution is 6.31.